The van der Waals surface area contributed by atoms with E-state index in [-0.39, 0.29) is 0 Å². The van der Waals surface area contributed by atoms with Crippen molar-refractivity contribution in [3.05, 3.63) is 40.0 Å². The highest BCUT2D eigenvalue weighted by molar-refractivity contribution is 5.21. The number of nitrogens with one attached hydrogen (secondary N) is 1. The number of fused-ring (bicyclic) bond motifs is 1. The molecule has 0 fully saturated rings. The highest BCUT2D eigenvalue weighted by atomic mass is 16.5. The molecule has 5 heteroatoms. The summed E-state index contributed by atoms with van der Waals surface area (Å²) in [7, 11) is 0. The maximum absolute atomic E-state index is 11.2. The van der Waals surface area contributed by atoms with Crippen molar-refractivity contribution in [2.75, 3.05) is 0 Å². The maximum atomic E-state index is 11.2. The molecule has 0 saturated heterocycles. The van der Waals surface area contributed by atoms with Crippen molar-refractivity contribution >= 4 is 6.20 Å². The second kappa shape index (κ2) is 2.38. The van der Waals surface area contributed by atoms with Gasteiger partial charge in [-0.25, -0.2) is 5.84 Å². The second-order valence-corrected chi connectivity index (χ2v) is 2.49. The van der Waals surface area contributed by atoms with Crippen LogP contribution >= 0.6 is 0 Å². The van der Waals surface area contributed by atoms with E-state index in [4.69, 9.17) is 5.84 Å². The lowest BCUT2D eigenvalue weighted by Crippen LogP contribution is -2.57. The van der Waals surface area contributed by atoms with Crippen LogP contribution in [0.4, 0.5) is 0 Å². The van der Waals surface area contributed by atoms with E-state index in [0.29, 0.717) is 10.2 Å². The van der Waals surface area contributed by atoms with Crippen molar-refractivity contribution in [2.45, 2.75) is 0 Å². The van der Waals surface area contributed by atoms with E-state index < -0.39 is 0 Å². The van der Waals surface area contributed by atoms with Gasteiger partial charge in [0.2, 0.25) is 0 Å². The van der Waals surface area contributed by atoms with Gasteiger partial charge in [0.15, 0.2) is 0 Å². The Balaban J connectivity index is 2.81. The lowest BCUT2D eigenvalue weighted by molar-refractivity contribution is 0.238. The Morgan fingerprint density at radius 2 is 2.17 bits per heavy atom. The molecule has 1 aliphatic rings. The molecule has 1 heterocycles. The van der Waals surface area contributed by atoms with Crippen molar-refractivity contribution in [1.29, 1.82) is 0 Å². The van der Waals surface area contributed by atoms with Gasteiger partial charge in [-0.2, -0.15) is 5.12 Å². The first-order valence-corrected chi connectivity index (χ1v) is 3.49. The molecule has 0 aliphatic carbocycles. The van der Waals surface area contributed by atoms with Gasteiger partial charge in [0.1, 0.15) is 0 Å². The van der Waals surface area contributed by atoms with Gasteiger partial charge in [0, 0.05) is 6.07 Å². The normalized spacial score (nSPS) is 14.8. The van der Waals surface area contributed by atoms with Gasteiger partial charge < -0.3 is 5.21 Å². The number of hydrazine groups is 3. The zero-order valence-electron chi connectivity index (χ0n) is 6.27. The van der Waals surface area contributed by atoms with Crippen molar-refractivity contribution < 1.29 is 0 Å². The molecular weight excluding hydrogens is 156 g/mol. The molecule has 1 aromatic carbocycles. The molecule has 0 spiro atoms. The van der Waals surface area contributed by atoms with Gasteiger partial charge >= 0.3 is 0 Å². The predicted molar refractivity (Wildman–Crippen MR) is 43.9 cm³/mol. The molecule has 1 aliphatic heterocycles. The van der Waals surface area contributed by atoms with Crippen LogP contribution in [0.15, 0.2) is 24.3 Å². The van der Waals surface area contributed by atoms with Crippen molar-refractivity contribution in [3.8, 4) is 0 Å². The van der Waals surface area contributed by atoms with E-state index >= 15 is 0 Å². The molecule has 0 radical (unpaired) electrons. The summed E-state index contributed by atoms with van der Waals surface area (Å²) in [5.74, 6) is 5.36. The van der Waals surface area contributed by atoms with Crippen molar-refractivity contribution in [1.82, 2.24) is 15.5 Å². The van der Waals surface area contributed by atoms with Gasteiger partial charge in [-0.05, 0) is 6.07 Å². The largest absolute Gasteiger partial charge is 0.594 e. The summed E-state index contributed by atoms with van der Waals surface area (Å²) < 4.78 is 0. The summed E-state index contributed by atoms with van der Waals surface area (Å²) in [4.78, 5) is 0.620. The number of nitrogens with zero attached hydrogens (tertiary/aromatic N) is 2. The Morgan fingerprint density at radius 3 is 3.00 bits per heavy atom. The Hall–Kier alpha value is -1.75. The Morgan fingerprint density at radius 1 is 1.42 bits per heavy atom. The van der Waals surface area contributed by atoms with Crippen molar-refractivity contribution in [3.63, 3.8) is 0 Å². The van der Waals surface area contributed by atoms with Crippen LogP contribution in [-0.4, -0.2) is 5.12 Å². The number of hydrogen-bond acceptors (Lipinski definition) is 4. The van der Waals surface area contributed by atoms with Gasteiger partial charge in [0.25, 0.3) is 5.36 Å². The first-order chi connectivity index (χ1) is 5.77. The summed E-state index contributed by atoms with van der Waals surface area (Å²) in [5, 5.41) is 13.6. The fourth-order valence-corrected chi connectivity index (χ4v) is 1.12. The Labute approximate surface area is 68.5 Å². The van der Waals surface area contributed by atoms with Crippen LogP contribution in [0.1, 0.15) is 0 Å². The molecule has 0 saturated carbocycles. The minimum atomic E-state index is 0.569. The number of hydrogen-bond donors (Lipinski definition) is 2. The molecular formula is C7H8N4O. The van der Waals surface area contributed by atoms with Crippen LogP contribution in [0.25, 0.3) is 6.20 Å². The Kier molecular flexibility index (Phi) is 1.38. The summed E-state index contributed by atoms with van der Waals surface area (Å²) in [6.45, 7) is 0. The van der Waals surface area contributed by atoms with E-state index in [1.54, 1.807) is 18.3 Å². The number of benzene rings is 1. The molecule has 5 nitrogen and oxygen atoms in total. The average molecular weight is 164 g/mol. The van der Waals surface area contributed by atoms with Crippen molar-refractivity contribution in [2.24, 2.45) is 5.84 Å². The highest BCUT2D eigenvalue weighted by Gasteiger charge is 2.05. The highest BCUT2D eigenvalue weighted by Crippen LogP contribution is 1.76. The molecule has 0 unspecified atom stereocenters. The molecule has 2 rings (SSSR count). The SMILES string of the molecule is NN1C=c2ccccc2=[N+]([O-])N1. The van der Waals surface area contributed by atoms with E-state index in [1.165, 1.54) is 0 Å². The number of para-hydroxylation sites is 1. The molecule has 0 atom stereocenters. The molecule has 1 aromatic rings. The molecule has 3 N–H and O–H groups in total. The fourth-order valence-electron chi connectivity index (χ4n) is 1.12. The predicted octanol–water partition coefficient (Wildman–Crippen LogP) is -1.98. The van der Waals surface area contributed by atoms with Crippen LogP contribution in [-0.2, 0) is 0 Å². The summed E-state index contributed by atoms with van der Waals surface area (Å²) in [6.07, 6.45) is 1.64. The number of rotatable bonds is 0. The van der Waals surface area contributed by atoms with E-state index in [1.807, 2.05) is 12.1 Å². The van der Waals surface area contributed by atoms with Crippen LogP contribution in [0.3, 0.4) is 0 Å². The van der Waals surface area contributed by atoms with E-state index in [0.717, 1.165) is 10.3 Å². The first-order valence-electron chi connectivity index (χ1n) is 3.49. The molecule has 0 amide bonds. The van der Waals surface area contributed by atoms with Gasteiger partial charge in [-0.3, -0.25) is 0 Å². The van der Waals surface area contributed by atoms with Crippen LogP contribution < -0.4 is 26.8 Å². The minimum Gasteiger partial charge on any atom is -0.594 e. The fraction of sp³-hybridized carbons (Fsp3) is 0. The van der Waals surface area contributed by atoms with Crippen LogP contribution in [0, 0.1) is 5.21 Å². The standard InChI is InChI=1S/C7H8N4O/c8-10-5-6-3-1-2-4-7(6)11(12)9-10/h1-5,9H,8H2. The molecule has 12 heavy (non-hydrogen) atoms. The second-order valence-electron chi connectivity index (χ2n) is 2.49. The summed E-state index contributed by atoms with van der Waals surface area (Å²) >= 11 is 0. The molecule has 62 valence electrons. The topological polar surface area (TPSA) is 67.4 Å². The quantitative estimate of drug-likeness (QED) is 0.265. The molecule has 0 aromatic heterocycles. The minimum absolute atomic E-state index is 0.569. The molecule has 0 bridgehead atoms. The maximum Gasteiger partial charge on any atom is 0.252 e. The third-order valence-electron chi connectivity index (χ3n) is 1.64. The average Bonchev–Trinajstić information content (AvgIpc) is 2.04. The smallest absolute Gasteiger partial charge is 0.252 e. The monoisotopic (exact) mass is 164 g/mol. The van der Waals surface area contributed by atoms with Gasteiger partial charge in [-0.15, -0.1) is 0 Å². The first kappa shape index (κ1) is 6.93. The van der Waals surface area contributed by atoms with Crippen LogP contribution in [0.2, 0.25) is 0 Å². The lowest BCUT2D eigenvalue weighted by Gasteiger charge is -2.16. The van der Waals surface area contributed by atoms with Crippen LogP contribution in [0.5, 0.6) is 0 Å². The number of nitrogens with two attached hydrogens (primary N) is 1. The lowest BCUT2D eigenvalue weighted by atomic mass is 10.3. The summed E-state index contributed by atoms with van der Waals surface area (Å²) in [6, 6.07) is 7.19. The zero-order chi connectivity index (χ0) is 8.55. The zero-order valence-corrected chi connectivity index (χ0v) is 6.27. The third kappa shape index (κ3) is 0.960. The van der Waals surface area contributed by atoms with Gasteiger partial charge in [-0.1, -0.05) is 22.5 Å². The van der Waals surface area contributed by atoms with E-state index in [2.05, 4.69) is 5.53 Å². The third-order valence-corrected chi connectivity index (χ3v) is 1.64. The van der Waals surface area contributed by atoms with E-state index in [9.17, 15) is 5.21 Å². The Bertz CT molecular complexity index is 414. The summed E-state index contributed by atoms with van der Waals surface area (Å²) in [5.41, 5.74) is 2.37. The van der Waals surface area contributed by atoms with Gasteiger partial charge in [0.05, 0.1) is 11.4 Å².